The zero-order valence-electron chi connectivity index (χ0n) is 18.2. The Morgan fingerprint density at radius 2 is 1.39 bits per heavy atom. The van der Waals surface area contributed by atoms with Crippen LogP contribution in [-0.2, 0) is 28.7 Å². The number of nitrogens with two attached hydrogens (primary N) is 3. The van der Waals surface area contributed by atoms with E-state index in [1.54, 1.807) is 0 Å². The predicted octanol–water partition coefficient (Wildman–Crippen LogP) is -2.52. The molecule has 12 nitrogen and oxygen atoms in total. The monoisotopic (exact) mass is 446 g/mol. The first kappa shape index (κ1) is 28.7. The summed E-state index contributed by atoms with van der Waals surface area (Å²) in [6.45, 7) is 2.42. The molecule has 1 atom stereocenters. The molecule has 31 heavy (non-hydrogen) atoms. The number of hydrogen-bond donors (Lipinski definition) is 6. The van der Waals surface area contributed by atoms with Crippen LogP contribution in [0.5, 0.6) is 0 Å². The number of rotatable bonds is 20. The summed E-state index contributed by atoms with van der Waals surface area (Å²) in [5, 5.41) is 8.16. The molecule has 0 heterocycles. The Bertz CT molecular complexity index is 534. The standard InChI is InChI=1S/C19H38N6O6/c20-7-4-17(27)23-9-2-1-3-15(25-18(28)5-8-21)19(29)24-10-12-31-14-13-30-11-6-16(22)26/h15H,1-14,20-21H2,(H2,22,26)(H,23,27)(H,24,29)(H,25,28). The first-order chi connectivity index (χ1) is 14.9. The maximum atomic E-state index is 12.4. The van der Waals surface area contributed by atoms with Gasteiger partial charge in [0.15, 0.2) is 0 Å². The Morgan fingerprint density at radius 1 is 0.742 bits per heavy atom. The van der Waals surface area contributed by atoms with E-state index in [9.17, 15) is 19.2 Å². The number of hydrogen-bond acceptors (Lipinski definition) is 8. The summed E-state index contributed by atoms with van der Waals surface area (Å²) in [6.07, 6.45) is 2.32. The quantitative estimate of drug-likeness (QED) is 0.110. The Balaban J connectivity index is 4.11. The van der Waals surface area contributed by atoms with Crippen molar-refractivity contribution in [3.8, 4) is 0 Å². The van der Waals surface area contributed by atoms with Crippen LogP contribution in [0.4, 0.5) is 0 Å². The molecule has 0 aromatic rings. The molecular weight excluding hydrogens is 408 g/mol. The highest BCUT2D eigenvalue weighted by atomic mass is 16.5. The molecule has 0 aliphatic rings. The lowest BCUT2D eigenvalue weighted by molar-refractivity contribution is -0.129. The van der Waals surface area contributed by atoms with Gasteiger partial charge >= 0.3 is 0 Å². The van der Waals surface area contributed by atoms with Crippen LogP contribution in [0.2, 0.25) is 0 Å². The summed E-state index contributed by atoms with van der Waals surface area (Å²) in [7, 11) is 0. The molecule has 0 aliphatic heterocycles. The summed E-state index contributed by atoms with van der Waals surface area (Å²) >= 11 is 0. The molecule has 0 bridgehead atoms. The summed E-state index contributed by atoms with van der Waals surface area (Å²) in [5.74, 6) is -1.12. The topological polar surface area (TPSA) is 201 Å². The Morgan fingerprint density at radius 3 is 2.03 bits per heavy atom. The Hall–Kier alpha value is -2.28. The minimum atomic E-state index is -0.684. The van der Waals surface area contributed by atoms with Crippen LogP contribution >= 0.6 is 0 Å². The van der Waals surface area contributed by atoms with Gasteiger partial charge in [-0.15, -0.1) is 0 Å². The molecule has 180 valence electrons. The SMILES string of the molecule is NCCC(=O)NCCCCC(NC(=O)CCN)C(=O)NCCOCCOCCC(N)=O. The largest absolute Gasteiger partial charge is 0.379 e. The van der Waals surface area contributed by atoms with Crippen LogP contribution in [0.1, 0.15) is 38.5 Å². The van der Waals surface area contributed by atoms with Crippen LogP contribution < -0.4 is 33.2 Å². The van der Waals surface area contributed by atoms with Crippen molar-refractivity contribution in [2.45, 2.75) is 44.6 Å². The van der Waals surface area contributed by atoms with Gasteiger partial charge in [-0.05, 0) is 19.3 Å². The fraction of sp³-hybridized carbons (Fsp3) is 0.789. The van der Waals surface area contributed by atoms with E-state index in [-0.39, 0.29) is 63.3 Å². The van der Waals surface area contributed by atoms with Crippen molar-refractivity contribution in [3.63, 3.8) is 0 Å². The number of nitrogens with one attached hydrogen (secondary N) is 3. The maximum absolute atomic E-state index is 12.4. The van der Waals surface area contributed by atoms with Gasteiger partial charge in [-0.2, -0.15) is 0 Å². The van der Waals surface area contributed by atoms with Crippen molar-refractivity contribution in [2.24, 2.45) is 17.2 Å². The summed E-state index contributed by atoms with van der Waals surface area (Å²) in [4.78, 5) is 46.2. The van der Waals surface area contributed by atoms with Gasteiger partial charge < -0.3 is 42.6 Å². The fourth-order valence-electron chi connectivity index (χ4n) is 2.45. The third-order valence-electron chi connectivity index (χ3n) is 4.05. The van der Waals surface area contributed by atoms with E-state index in [1.165, 1.54) is 0 Å². The average Bonchev–Trinajstić information content (AvgIpc) is 2.71. The highest BCUT2D eigenvalue weighted by Gasteiger charge is 2.19. The highest BCUT2D eigenvalue weighted by molar-refractivity contribution is 5.87. The molecule has 1 unspecified atom stereocenters. The van der Waals surface area contributed by atoms with Gasteiger partial charge in [-0.3, -0.25) is 19.2 Å². The van der Waals surface area contributed by atoms with Crippen LogP contribution in [0.3, 0.4) is 0 Å². The van der Waals surface area contributed by atoms with E-state index in [4.69, 9.17) is 26.7 Å². The lowest BCUT2D eigenvalue weighted by Gasteiger charge is -2.18. The summed E-state index contributed by atoms with van der Waals surface area (Å²) < 4.78 is 10.5. The van der Waals surface area contributed by atoms with Crippen LogP contribution in [0.15, 0.2) is 0 Å². The van der Waals surface area contributed by atoms with Gasteiger partial charge in [-0.1, -0.05) is 0 Å². The number of primary amides is 1. The predicted molar refractivity (Wildman–Crippen MR) is 115 cm³/mol. The number of amides is 4. The van der Waals surface area contributed by atoms with E-state index in [0.717, 1.165) is 0 Å². The summed E-state index contributed by atoms with van der Waals surface area (Å²) in [6, 6.07) is -0.684. The smallest absolute Gasteiger partial charge is 0.242 e. The fourth-order valence-corrected chi connectivity index (χ4v) is 2.45. The first-order valence-corrected chi connectivity index (χ1v) is 10.6. The molecule has 4 amide bonds. The van der Waals surface area contributed by atoms with E-state index in [2.05, 4.69) is 16.0 Å². The Labute approximate surface area is 183 Å². The van der Waals surface area contributed by atoms with Crippen molar-refractivity contribution < 1.29 is 28.7 Å². The first-order valence-electron chi connectivity index (χ1n) is 10.6. The van der Waals surface area contributed by atoms with Crippen molar-refractivity contribution >= 4 is 23.6 Å². The maximum Gasteiger partial charge on any atom is 0.242 e. The molecule has 0 saturated heterocycles. The van der Waals surface area contributed by atoms with Gasteiger partial charge in [0.1, 0.15) is 6.04 Å². The van der Waals surface area contributed by atoms with Gasteiger partial charge in [0, 0.05) is 45.4 Å². The average molecular weight is 447 g/mol. The highest BCUT2D eigenvalue weighted by Crippen LogP contribution is 2.02. The summed E-state index contributed by atoms with van der Waals surface area (Å²) in [5.41, 5.74) is 15.7. The van der Waals surface area contributed by atoms with Crippen molar-refractivity contribution in [3.05, 3.63) is 0 Å². The van der Waals surface area contributed by atoms with E-state index >= 15 is 0 Å². The van der Waals surface area contributed by atoms with Gasteiger partial charge in [-0.25, -0.2) is 0 Å². The second-order valence-corrected chi connectivity index (χ2v) is 6.78. The van der Waals surface area contributed by atoms with Gasteiger partial charge in [0.05, 0.1) is 26.4 Å². The minimum absolute atomic E-state index is 0.105. The molecule has 0 radical (unpaired) electrons. The Kier molecular flexibility index (Phi) is 18.2. The van der Waals surface area contributed by atoms with Crippen LogP contribution in [-0.4, -0.2) is 82.3 Å². The molecule has 0 aromatic carbocycles. The second-order valence-electron chi connectivity index (χ2n) is 6.78. The van der Waals surface area contributed by atoms with Crippen LogP contribution in [0, 0.1) is 0 Å². The van der Waals surface area contributed by atoms with Crippen molar-refractivity contribution in [1.82, 2.24) is 16.0 Å². The number of carbonyl (C=O) groups excluding carboxylic acids is 4. The molecular formula is C19H38N6O6. The minimum Gasteiger partial charge on any atom is -0.379 e. The van der Waals surface area contributed by atoms with Crippen molar-refractivity contribution in [1.29, 1.82) is 0 Å². The number of ether oxygens (including phenoxy) is 2. The normalized spacial score (nSPS) is 11.5. The van der Waals surface area contributed by atoms with Gasteiger partial charge in [0.2, 0.25) is 23.6 Å². The molecule has 0 saturated carbocycles. The molecule has 0 rings (SSSR count). The lowest BCUT2D eigenvalue weighted by atomic mass is 10.1. The molecule has 9 N–H and O–H groups in total. The molecule has 0 aromatic heterocycles. The molecule has 12 heteroatoms. The van der Waals surface area contributed by atoms with E-state index < -0.39 is 11.9 Å². The third-order valence-corrected chi connectivity index (χ3v) is 4.05. The third kappa shape index (κ3) is 18.2. The zero-order chi connectivity index (χ0) is 23.3. The lowest BCUT2D eigenvalue weighted by Crippen LogP contribution is -2.47. The van der Waals surface area contributed by atoms with Crippen LogP contribution in [0.25, 0.3) is 0 Å². The van der Waals surface area contributed by atoms with Gasteiger partial charge in [0.25, 0.3) is 0 Å². The number of carbonyl (C=O) groups is 4. The second kappa shape index (κ2) is 19.7. The molecule has 0 fully saturated rings. The van der Waals surface area contributed by atoms with Crippen molar-refractivity contribution in [2.75, 3.05) is 52.6 Å². The zero-order valence-corrected chi connectivity index (χ0v) is 18.2. The molecule has 0 aliphatic carbocycles. The number of unbranched alkanes of at least 4 members (excludes halogenated alkanes) is 1. The molecule has 0 spiro atoms. The van der Waals surface area contributed by atoms with E-state index in [0.29, 0.717) is 45.6 Å². The van der Waals surface area contributed by atoms with E-state index in [1.807, 2.05) is 0 Å².